The van der Waals surface area contributed by atoms with Gasteiger partial charge in [0.15, 0.2) is 0 Å². The second kappa shape index (κ2) is 20.5. The fraction of sp³-hybridized carbons (Fsp3) is 1.00. The summed E-state index contributed by atoms with van der Waals surface area (Å²) in [4.78, 5) is 0. The molecule has 0 aliphatic carbocycles. The van der Waals surface area contributed by atoms with Gasteiger partial charge in [0.2, 0.25) is 6.69 Å². The van der Waals surface area contributed by atoms with Gasteiger partial charge in [-0.3, -0.25) is 0 Å². The molecule has 0 aliphatic heterocycles. The van der Waals surface area contributed by atoms with E-state index >= 15 is 0 Å². The van der Waals surface area contributed by atoms with Crippen LogP contribution in [0.25, 0.3) is 0 Å². The van der Waals surface area contributed by atoms with E-state index in [1.807, 2.05) is 6.55 Å². The summed E-state index contributed by atoms with van der Waals surface area (Å²) in [7, 11) is 0. The normalized spacial score (nSPS) is 12.0. The molecule has 0 nitrogen and oxygen atoms in total. The molecular formula is C23H48Cl2Si. The van der Waals surface area contributed by atoms with Gasteiger partial charge in [0.05, 0.1) is 0 Å². The summed E-state index contributed by atoms with van der Waals surface area (Å²) in [6.45, 7) is 2.50. The minimum atomic E-state index is -1.83. The van der Waals surface area contributed by atoms with Gasteiger partial charge < -0.3 is 0 Å². The second-order valence-electron chi connectivity index (χ2n) is 8.54. The lowest BCUT2D eigenvalue weighted by molar-refractivity contribution is 0.523. The summed E-state index contributed by atoms with van der Waals surface area (Å²) in [6.07, 6.45) is 28.6. The predicted molar refractivity (Wildman–Crippen MR) is 126 cm³/mol. The molecule has 0 saturated heterocycles. The lowest BCUT2D eigenvalue weighted by Crippen LogP contribution is -2.11. The quantitative estimate of drug-likeness (QED) is 0.0978. The lowest BCUT2D eigenvalue weighted by Gasteiger charge is -2.09. The highest BCUT2D eigenvalue weighted by Crippen LogP contribution is 2.23. The zero-order valence-electron chi connectivity index (χ0n) is 18.1. The third-order valence-electron chi connectivity index (χ3n) is 5.47. The van der Waals surface area contributed by atoms with Gasteiger partial charge in [0.1, 0.15) is 0 Å². The van der Waals surface area contributed by atoms with Crippen molar-refractivity contribution in [1.82, 2.24) is 0 Å². The van der Waals surface area contributed by atoms with Crippen LogP contribution in [-0.4, -0.2) is 6.69 Å². The van der Waals surface area contributed by atoms with Crippen LogP contribution in [0.3, 0.4) is 0 Å². The van der Waals surface area contributed by atoms with Crippen molar-refractivity contribution in [3.05, 3.63) is 0 Å². The monoisotopic (exact) mass is 422 g/mol. The predicted octanol–water partition coefficient (Wildman–Crippen LogP) is 10.4. The van der Waals surface area contributed by atoms with E-state index in [2.05, 4.69) is 6.92 Å². The Labute approximate surface area is 176 Å². The Morgan fingerprint density at radius 2 is 0.654 bits per heavy atom. The molecule has 0 aromatic carbocycles. The van der Waals surface area contributed by atoms with Crippen molar-refractivity contribution < 1.29 is 0 Å². The average Bonchev–Trinajstić information content (AvgIpc) is 2.59. The maximum absolute atomic E-state index is 6.12. The molecule has 26 heavy (non-hydrogen) atoms. The Morgan fingerprint density at radius 3 is 0.885 bits per heavy atom. The second-order valence-corrected chi connectivity index (χ2v) is 16.8. The minimum absolute atomic E-state index is 1.06. The van der Waals surface area contributed by atoms with Crippen molar-refractivity contribution in [1.29, 1.82) is 0 Å². The van der Waals surface area contributed by atoms with Crippen LogP contribution in [-0.2, 0) is 0 Å². The summed E-state index contributed by atoms with van der Waals surface area (Å²) in [5.41, 5.74) is 0. The Hall–Kier alpha value is 0.797. The van der Waals surface area contributed by atoms with E-state index in [-0.39, 0.29) is 0 Å². The first kappa shape index (κ1) is 26.8. The highest BCUT2D eigenvalue weighted by molar-refractivity contribution is 7.44. The molecule has 3 heteroatoms. The van der Waals surface area contributed by atoms with Crippen LogP contribution in [0.5, 0.6) is 0 Å². The molecule has 0 aromatic rings. The summed E-state index contributed by atoms with van der Waals surface area (Å²) in [6, 6.07) is 1.06. The van der Waals surface area contributed by atoms with Gasteiger partial charge in [0, 0.05) is 0 Å². The van der Waals surface area contributed by atoms with Crippen LogP contribution in [0.15, 0.2) is 0 Å². The summed E-state index contributed by atoms with van der Waals surface area (Å²) in [5.74, 6) is 0. The number of unbranched alkanes of at least 4 members (excludes halogenated alkanes) is 19. The Kier molecular flexibility index (Phi) is 21.2. The minimum Gasteiger partial charge on any atom is -0.146 e. The van der Waals surface area contributed by atoms with Crippen LogP contribution in [0.4, 0.5) is 0 Å². The molecule has 0 atom stereocenters. The largest absolute Gasteiger partial charge is 0.248 e. The molecule has 0 aromatic heterocycles. The van der Waals surface area contributed by atoms with E-state index in [0.29, 0.717) is 0 Å². The Balaban J connectivity index is 3.01. The van der Waals surface area contributed by atoms with Crippen LogP contribution in [0.2, 0.25) is 12.6 Å². The number of hydrogen-bond acceptors (Lipinski definition) is 0. The first-order valence-electron chi connectivity index (χ1n) is 11.9. The van der Waals surface area contributed by atoms with Gasteiger partial charge in [-0.05, 0) is 12.6 Å². The molecule has 0 heterocycles. The number of halogens is 2. The molecular weight excluding hydrogens is 375 g/mol. The standard InChI is InChI=1S/C23H48Cl2Si/c1-3-4-5-6-7-8-9-10-11-12-13-14-15-16-17-18-19-20-21-22-23-26(2,24)25/h3-23H2,1-2H3. The molecule has 0 amide bonds. The summed E-state index contributed by atoms with van der Waals surface area (Å²) >= 11 is 12.2. The van der Waals surface area contributed by atoms with Gasteiger partial charge >= 0.3 is 0 Å². The topological polar surface area (TPSA) is 0 Å². The zero-order chi connectivity index (χ0) is 19.3. The average molecular weight is 424 g/mol. The molecule has 0 fully saturated rings. The Bertz CT molecular complexity index is 263. The number of rotatable bonds is 21. The van der Waals surface area contributed by atoms with Gasteiger partial charge in [-0.2, -0.15) is 0 Å². The first-order valence-corrected chi connectivity index (χ1v) is 16.7. The summed E-state index contributed by atoms with van der Waals surface area (Å²) in [5, 5.41) is 0. The van der Waals surface area contributed by atoms with Crippen LogP contribution in [0, 0.1) is 0 Å². The van der Waals surface area contributed by atoms with Crippen molar-refractivity contribution in [2.45, 2.75) is 148 Å². The van der Waals surface area contributed by atoms with Crippen LogP contribution < -0.4 is 0 Å². The molecule has 0 bridgehead atoms. The molecule has 0 N–H and O–H groups in total. The van der Waals surface area contributed by atoms with E-state index in [4.69, 9.17) is 22.2 Å². The third kappa shape index (κ3) is 24.8. The van der Waals surface area contributed by atoms with Gasteiger partial charge in [-0.15, -0.1) is 22.2 Å². The van der Waals surface area contributed by atoms with E-state index in [1.54, 1.807) is 0 Å². The molecule has 0 rings (SSSR count). The molecule has 0 saturated carbocycles. The molecule has 0 radical (unpaired) electrons. The van der Waals surface area contributed by atoms with Crippen molar-refractivity contribution in [2.24, 2.45) is 0 Å². The van der Waals surface area contributed by atoms with Crippen molar-refractivity contribution in [3.63, 3.8) is 0 Å². The maximum atomic E-state index is 6.12. The van der Waals surface area contributed by atoms with Gasteiger partial charge in [0.25, 0.3) is 0 Å². The smallest absolute Gasteiger partial charge is 0.146 e. The van der Waals surface area contributed by atoms with Crippen molar-refractivity contribution in [3.8, 4) is 0 Å². The SMILES string of the molecule is CCCCCCCCCCCCCCCCCCCCCC[Si](C)(Cl)Cl. The van der Waals surface area contributed by atoms with E-state index < -0.39 is 6.69 Å². The van der Waals surface area contributed by atoms with E-state index in [9.17, 15) is 0 Å². The van der Waals surface area contributed by atoms with Gasteiger partial charge in [-0.1, -0.05) is 135 Å². The lowest BCUT2D eigenvalue weighted by atomic mass is 10.0. The number of hydrogen-bond donors (Lipinski definition) is 0. The highest BCUT2D eigenvalue weighted by atomic mass is 35.7. The molecule has 0 spiro atoms. The van der Waals surface area contributed by atoms with Crippen molar-refractivity contribution >= 4 is 28.9 Å². The van der Waals surface area contributed by atoms with E-state index in [0.717, 1.165) is 6.04 Å². The maximum Gasteiger partial charge on any atom is 0.248 e. The Morgan fingerprint density at radius 1 is 0.423 bits per heavy atom. The first-order chi connectivity index (χ1) is 12.6. The fourth-order valence-electron chi connectivity index (χ4n) is 3.69. The van der Waals surface area contributed by atoms with Gasteiger partial charge in [-0.25, -0.2) is 0 Å². The molecule has 0 unspecified atom stereocenters. The molecule has 158 valence electrons. The highest BCUT2D eigenvalue weighted by Gasteiger charge is 2.19. The third-order valence-corrected chi connectivity index (χ3v) is 7.83. The van der Waals surface area contributed by atoms with Crippen LogP contribution in [0.1, 0.15) is 135 Å². The van der Waals surface area contributed by atoms with Crippen molar-refractivity contribution in [2.75, 3.05) is 0 Å². The molecule has 0 aliphatic rings. The zero-order valence-corrected chi connectivity index (χ0v) is 20.6. The summed E-state index contributed by atoms with van der Waals surface area (Å²) < 4.78 is 0. The fourth-order valence-corrected chi connectivity index (χ4v) is 5.36. The van der Waals surface area contributed by atoms with E-state index in [1.165, 1.54) is 128 Å². The van der Waals surface area contributed by atoms with Crippen LogP contribution >= 0.6 is 22.2 Å².